The smallest absolute Gasteiger partial charge is 0.273 e. The van der Waals surface area contributed by atoms with E-state index in [1.54, 1.807) is 36.5 Å². The number of rotatable bonds is 15. The first-order valence-electron chi connectivity index (χ1n) is 14.5. The van der Waals surface area contributed by atoms with Crippen molar-refractivity contribution in [1.29, 1.82) is 0 Å². The lowest BCUT2D eigenvalue weighted by Crippen LogP contribution is -2.36. The van der Waals surface area contributed by atoms with E-state index in [0.29, 0.717) is 0 Å². The fraction of sp³-hybridized carbons (Fsp3) is 0.581. The first kappa shape index (κ1) is 28.3. The molecule has 206 valence electrons. The summed E-state index contributed by atoms with van der Waals surface area (Å²) in [6.45, 7) is 5.91. The average molecular weight is 524 g/mol. The van der Waals surface area contributed by atoms with Gasteiger partial charge in [0.05, 0.1) is 6.20 Å². The van der Waals surface area contributed by atoms with E-state index < -0.39 is 5.92 Å². The highest BCUT2D eigenvalue weighted by Crippen LogP contribution is 2.37. The van der Waals surface area contributed by atoms with Gasteiger partial charge in [0.1, 0.15) is 0 Å². The summed E-state index contributed by atoms with van der Waals surface area (Å²) in [5, 5.41) is 13.7. The molecule has 7 heteroatoms. The average Bonchev–Trinajstić information content (AvgIpc) is 2.94. The number of fused-ring (bicyclic) bond motifs is 1. The molecule has 3 heterocycles. The van der Waals surface area contributed by atoms with Crippen molar-refractivity contribution in [2.24, 2.45) is 5.92 Å². The Labute approximate surface area is 226 Å². The van der Waals surface area contributed by atoms with Crippen molar-refractivity contribution in [3.05, 3.63) is 60.0 Å². The number of nitrogens with one attached hydrogen (secondary N) is 1. The minimum atomic E-state index is -2.72. The minimum absolute atomic E-state index is 0.0203. The monoisotopic (exact) mass is 523 g/mol. The van der Waals surface area contributed by atoms with E-state index in [4.69, 9.17) is 0 Å². The Morgan fingerprint density at radius 1 is 0.947 bits per heavy atom. The van der Waals surface area contributed by atoms with Gasteiger partial charge in [-0.1, -0.05) is 62.4 Å². The standard InChI is InChI=1S/C31H43F2N5/c1-2-34-30-29-21-28(35-23-26(29)24-36-37-30)15-11-6-4-3-5-7-12-18-38-19-16-25(17-20-38)22-31(32,33)27-13-9-8-10-14-27/h8-10,13-14,21,23-25H,2-7,11-12,15-20,22H2,1H3,(H,34,37). The highest BCUT2D eigenvalue weighted by Gasteiger charge is 2.35. The number of halogens is 2. The Morgan fingerprint density at radius 3 is 2.39 bits per heavy atom. The second-order valence-corrected chi connectivity index (χ2v) is 10.8. The largest absolute Gasteiger partial charge is 0.368 e. The molecule has 0 saturated carbocycles. The van der Waals surface area contributed by atoms with Crippen molar-refractivity contribution < 1.29 is 8.78 Å². The summed E-state index contributed by atoms with van der Waals surface area (Å²) in [5.41, 5.74) is 1.28. The van der Waals surface area contributed by atoms with E-state index in [9.17, 15) is 8.78 Å². The number of alkyl halides is 2. The molecule has 1 aliphatic rings. The highest BCUT2D eigenvalue weighted by atomic mass is 19.3. The molecule has 38 heavy (non-hydrogen) atoms. The summed E-state index contributed by atoms with van der Waals surface area (Å²) in [7, 11) is 0. The summed E-state index contributed by atoms with van der Waals surface area (Å²) in [5.74, 6) is -1.76. The maximum atomic E-state index is 14.6. The second-order valence-electron chi connectivity index (χ2n) is 10.8. The lowest BCUT2D eigenvalue weighted by atomic mass is 9.88. The van der Waals surface area contributed by atoms with Crippen molar-refractivity contribution in [2.45, 2.75) is 83.5 Å². The van der Waals surface area contributed by atoms with E-state index >= 15 is 0 Å². The van der Waals surface area contributed by atoms with Crippen LogP contribution >= 0.6 is 0 Å². The van der Waals surface area contributed by atoms with Crippen LogP contribution in [0.5, 0.6) is 0 Å². The van der Waals surface area contributed by atoms with Gasteiger partial charge in [-0.05, 0) is 70.6 Å². The van der Waals surface area contributed by atoms with Crippen LogP contribution in [0.4, 0.5) is 14.6 Å². The molecule has 0 atom stereocenters. The molecule has 3 aromatic rings. The van der Waals surface area contributed by atoms with Crippen LogP contribution in [0.2, 0.25) is 0 Å². The van der Waals surface area contributed by atoms with Crippen molar-refractivity contribution in [2.75, 3.05) is 31.5 Å². The normalized spacial score (nSPS) is 15.2. The Balaban J connectivity index is 1.03. The van der Waals surface area contributed by atoms with Crippen molar-refractivity contribution >= 4 is 16.6 Å². The number of likely N-dealkylation sites (tertiary alicyclic amines) is 1. The van der Waals surface area contributed by atoms with E-state index in [1.165, 1.54) is 38.5 Å². The zero-order chi connectivity index (χ0) is 26.6. The number of aromatic nitrogens is 3. The third kappa shape index (κ3) is 8.42. The van der Waals surface area contributed by atoms with Gasteiger partial charge in [0.25, 0.3) is 5.92 Å². The zero-order valence-electron chi connectivity index (χ0n) is 22.8. The van der Waals surface area contributed by atoms with Crippen LogP contribution in [-0.4, -0.2) is 46.3 Å². The Morgan fingerprint density at radius 2 is 1.66 bits per heavy atom. The maximum absolute atomic E-state index is 14.6. The summed E-state index contributed by atoms with van der Waals surface area (Å²) in [6.07, 6.45) is 15.1. The zero-order valence-corrected chi connectivity index (χ0v) is 22.8. The molecule has 0 radical (unpaired) electrons. The predicted molar refractivity (Wildman–Crippen MR) is 152 cm³/mol. The quantitative estimate of drug-likeness (QED) is 0.208. The maximum Gasteiger partial charge on any atom is 0.273 e. The van der Waals surface area contributed by atoms with Gasteiger partial charge >= 0.3 is 0 Å². The van der Waals surface area contributed by atoms with Crippen LogP contribution in [0.3, 0.4) is 0 Å². The van der Waals surface area contributed by atoms with Gasteiger partial charge in [0, 0.05) is 41.2 Å². The first-order chi connectivity index (χ1) is 18.5. The van der Waals surface area contributed by atoms with Gasteiger partial charge in [-0.15, -0.1) is 5.10 Å². The molecule has 1 aliphatic heterocycles. The number of pyridine rings is 1. The summed E-state index contributed by atoms with van der Waals surface area (Å²) in [4.78, 5) is 7.08. The van der Waals surface area contributed by atoms with Crippen LogP contribution in [-0.2, 0) is 12.3 Å². The Kier molecular flexibility index (Phi) is 10.8. The second kappa shape index (κ2) is 14.5. The molecule has 0 unspecified atom stereocenters. The van der Waals surface area contributed by atoms with Crippen LogP contribution < -0.4 is 5.32 Å². The lowest BCUT2D eigenvalue weighted by Gasteiger charge is -2.33. The van der Waals surface area contributed by atoms with Crippen molar-refractivity contribution in [1.82, 2.24) is 20.1 Å². The lowest BCUT2D eigenvalue weighted by molar-refractivity contribution is -0.0371. The molecule has 0 bridgehead atoms. The topological polar surface area (TPSA) is 53.9 Å². The van der Waals surface area contributed by atoms with Crippen LogP contribution in [0.1, 0.15) is 82.4 Å². The highest BCUT2D eigenvalue weighted by molar-refractivity contribution is 5.90. The molecular weight excluding hydrogens is 480 g/mol. The Bertz CT molecular complexity index is 1100. The summed E-state index contributed by atoms with van der Waals surface area (Å²) in [6, 6.07) is 10.4. The molecule has 0 aliphatic carbocycles. The number of aryl methyl sites for hydroxylation is 1. The van der Waals surface area contributed by atoms with Gasteiger partial charge in [-0.2, -0.15) is 5.10 Å². The number of piperidine rings is 1. The van der Waals surface area contributed by atoms with E-state index in [0.717, 1.165) is 74.1 Å². The number of benzene rings is 1. The number of anilines is 1. The fourth-order valence-electron chi connectivity index (χ4n) is 5.56. The van der Waals surface area contributed by atoms with Crippen LogP contribution in [0, 0.1) is 5.92 Å². The van der Waals surface area contributed by atoms with E-state index in [-0.39, 0.29) is 17.9 Å². The van der Waals surface area contributed by atoms with Gasteiger partial charge in [-0.25, -0.2) is 8.78 Å². The number of nitrogens with zero attached hydrogens (tertiary/aromatic N) is 4. The van der Waals surface area contributed by atoms with Gasteiger partial charge in [0.15, 0.2) is 5.82 Å². The SMILES string of the molecule is CCNc1nncc2cnc(CCCCCCCCCN3CCC(CC(F)(F)c4ccccc4)CC3)cc12. The molecule has 0 spiro atoms. The number of unbranched alkanes of at least 4 members (excludes halogenated alkanes) is 6. The fourth-order valence-corrected chi connectivity index (χ4v) is 5.56. The van der Waals surface area contributed by atoms with E-state index in [1.807, 2.05) is 6.20 Å². The minimum Gasteiger partial charge on any atom is -0.368 e. The molecule has 1 fully saturated rings. The molecule has 2 aromatic heterocycles. The van der Waals surface area contributed by atoms with Gasteiger partial charge in [0.2, 0.25) is 0 Å². The number of hydrogen-bond acceptors (Lipinski definition) is 5. The van der Waals surface area contributed by atoms with E-state index in [2.05, 4.69) is 38.4 Å². The molecular formula is C31H43F2N5. The Hall–Kier alpha value is -2.67. The molecule has 1 saturated heterocycles. The number of hydrogen-bond donors (Lipinski definition) is 1. The summed E-state index contributed by atoms with van der Waals surface area (Å²) < 4.78 is 29.2. The first-order valence-corrected chi connectivity index (χ1v) is 14.5. The van der Waals surface area contributed by atoms with Gasteiger partial charge < -0.3 is 10.2 Å². The molecule has 4 rings (SSSR count). The molecule has 1 aromatic carbocycles. The third-order valence-corrected chi connectivity index (χ3v) is 7.80. The van der Waals surface area contributed by atoms with Crippen LogP contribution in [0.15, 0.2) is 48.8 Å². The molecule has 5 nitrogen and oxygen atoms in total. The molecule has 0 amide bonds. The van der Waals surface area contributed by atoms with Crippen LogP contribution in [0.25, 0.3) is 10.8 Å². The molecule has 1 N–H and O–H groups in total. The van der Waals surface area contributed by atoms with Crippen molar-refractivity contribution in [3.8, 4) is 0 Å². The summed E-state index contributed by atoms with van der Waals surface area (Å²) >= 11 is 0. The van der Waals surface area contributed by atoms with Gasteiger partial charge in [-0.3, -0.25) is 4.98 Å². The third-order valence-electron chi connectivity index (χ3n) is 7.80. The van der Waals surface area contributed by atoms with Crippen molar-refractivity contribution in [3.63, 3.8) is 0 Å². The predicted octanol–water partition coefficient (Wildman–Crippen LogP) is 7.62.